The summed E-state index contributed by atoms with van der Waals surface area (Å²) < 4.78 is 2.25. The van der Waals surface area contributed by atoms with E-state index in [2.05, 4.69) is 39.8 Å². The molecule has 0 radical (unpaired) electrons. The van der Waals surface area contributed by atoms with Gasteiger partial charge in [-0.2, -0.15) is 0 Å². The lowest BCUT2D eigenvalue weighted by Crippen LogP contribution is -2.38. The molecular weight excluding hydrogens is 236 g/mol. The van der Waals surface area contributed by atoms with Gasteiger partial charge in [0.05, 0.1) is 6.54 Å². The van der Waals surface area contributed by atoms with Gasteiger partial charge in [-0.15, -0.1) is 0 Å². The average Bonchev–Trinajstić information content (AvgIpc) is 3.07. The smallest absolute Gasteiger partial charge is 0.122 e. The first kappa shape index (κ1) is 14.5. The van der Waals surface area contributed by atoms with Crippen LogP contribution >= 0.6 is 0 Å². The maximum absolute atomic E-state index is 4.51. The molecule has 0 bridgehead atoms. The topological polar surface area (TPSA) is 33.1 Å². The molecule has 0 aromatic carbocycles. The van der Waals surface area contributed by atoms with Crippen molar-refractivity contribution in [1.29, 1.82) is 0 Å². The summed E-state index contributed by atoms with van der Waals surface area (Å²) >= 11 is 0. The molecule has 108 valence electrons. The zero-order chi connectivity index (χ0) is 13.5. The highest BCUT2D eigenvalue weighted by molar-refractivity contribution is 4.93. The van der Waals surface area contributed by atoms with E-state index in [1.54, 1.807) is 0 Å². The van der Waals surface area contributed by atoms with Gasteiger partial charge in [0.15, 0.2) is 0 Å². The molecule has 1 aliphatic heterocycles. The second kappa shape index (κ2) is 7.65. The van der Waals surface area contributed by atoms with E-state index in [0.717, 1.165) is 19.6 Å². The Morgan fingerprint density at radius 3 is 3.05 bits per heavy atom. The average molecular weight is 264 g/mol. The van der Waals surface area contributed by atoms with Gasteiger partial charge in [0, 0.05) is 31.5 Å². The van der Waals surface area contributed by atoms with Gasteiger partial charge in [0.25, 0.3) is 0 Å². The van der Waals surface area contributed by atoms with Gasteiger partial charge in [0.1, 0.15) is 5.82 Å². The van der Waals surface area contributed by atoms with Gasteiger partial charge in [-0.25, -0.2) is 4.98 Å². The van der Waals surface area contributed by atoms with E-state index < -0.39 is 0 Å². The van der Waals surface area contributed by atoms with Gasteiger partial charge < -0.3 is 9.88 Å². The number of imidazole rings is 1. The molecule has 0 spiro atoms. The minimum atomic E-state index is 0.682. The lowest BCUT2D eigenvalue weighted by molar-refractivity contribution is 0.229. The minimum absolute atomic E-state index is 0.682. The molecule has 2 rings (SSSR count). The molecule has 0 amide bonds. The van der Waals surface area contributed by atoms with Crippen LogP contribution in [0.15, 0.2) is 12.4 Å². The Labute approximate surface area is 117 Å². The van der Waals surface area contributed by atoms with Crippen LogP contribution < -0.4 is 5.32 Å². The lowest BCUT2D eigenvalue weighted by atomic mass is 10.2. The summed E-state index contributed by atoms with van der Waals surface area (Å²) in [6.07, 6.45) is 9.20. The zero-order valence-electron chi connectivity index (χ0n) is 12.4. The van der Waals surface area contributed by atoms with Crippen molar-refractivity contribution < 1.29 is 0 Å². The van der Waals surface area contributed by atoms with Crippen LogP contribution in [0.4, 0.5) is 0 Å². The van der Waals surface area contributed by atoms with Crippen LogP contribution in [0.1, 0.15) is 45.4 Å². The number of nitrogens with zero attached hydrogens (tertiary/aromatic N) is 3. The minimum Gasteiger partial charge on any atom is -0.334 e. The van der Waals surface area contributed by atoms with E-state index in [0.29, 0.717) is 6.04 Å². The molecule has 19 heavy (non-hydrogen) atoms. The molecule has 0 saturated carbocycles. The van der Waals surface area contributed by atoms with Crippen LogP contribution in [-0.2, 0) is 13.1 Å². The molecule has 1 saturated heterocycles. The van der Waals surface area contributed by atoms with Crippen LogP contribution in [0.5, 0.6) is 0 Å². The molecule has 0 aliphatic carbocycles. The summed E-state index contributed by atoms with van der Waals surface area (Å²) in [5.74, 6) is 1.21. The van der Waals surface area contributed by atoms with Crippen molar-refractivity contribution in [1.82, 2.24) is 19.8 Å². The molecule has 1 N–H and O–H groups in total. The first-order valence-corrected chi connectivity index (χ1v) is 7.79. The number of aromatic nitrogens is 2. The molecule has 1 aliphatic rings. The van der Waals surface area contributed by atoms with Crippen LogP contribution in [0.3, 0.4) is 0 Å². The Balaban J connectivity index is 1.92. The SMILES string of the molecule is CCCCN(Cc1nccn1CC)CC1CCCN1. The number of aryl methyl sites for hydroxylation is 1. The number of unbranched alkanes of at least 4 members (excludes halogenated alkanes) is 1. The lowest BCUT2D eigenvalue weighted by Gasteiger charge is -2.25. The monoisotopic (exact) mass is 264 g/mol. The highest BCUT2D eigenvalue weighted by Crippen LogP contribution is 2.11. The molecular formula is C15H28N4. The Morgan fingerprint density at radius 1 is 1.47 bits per heavy atom. The fraction of sp³-hybridized carbons (Fsp3) is 0.800. The van der Waals surface area contributed by atoms with Gasteiger partial charge in [0.2, 0.25) is 0 Å². The second-order valence-corrected chi connectivity index (χ2v) is 5.51. The Kier molecular flexibility index (Phi) is 5.86. The largest absolute Gasteiger partial charge is 0.334 e. The van der Waals surface area contributed by atoms with E-state index in [1.807, 2.05) is 6.20 Å². The predicted octanol–water partition coefficient (Wildman–Crippen LogP) is 2.26. The predicted molar refractivity (Wildman–Crippen MR) is 79.1 cm³/mol. The summed E-state index contributed by atoms with van der Waals surface area (Å²) in [4.78, 5) is 7.08. The first-order valence-electron chi connectivity index (χ1n) is 7.79. The van der Waals surface area contributed by atoms with Crippen LogP contribution in [0.25, 0.3) is 0 Å². The summed E-state index contributed by atoms with van der Waals surface area (Å²) in [5.41, 5.74) is 0. The van der Waals surface area contributed by atoms with Gasteiger partial charge >= 0.3 is 0 Å². The second-order valence-electron chi connectivity index (χ2n) is 5.51. The quantitative estimate of drug-likeness (QED) is 0.782. The third-order valence-electron chi connectivity index (χ3n) is 3.98. The Bertz CT molecular complexity index is 355. The fourth-order valence-electron chi connectivity index (χ4n) is 2.82. The van der Waals surface area contributed by atoms with Crippen molar-refractivity contribution in [3.63, 3.8) is 0 Å². The van der Waals surface area contributed by atoms with Crippen molar-refractivity contribution in [2.24, 2.45) is 0 Å². The fourth-order valence-corrected chi connectivity index (χ4v) is 2.82. The first-order chi connectivity index (χ1) is 9.33. The molecule has 4 heteroatoms. The third kappa shape index (κ3) is 4.32. The number of hydrogen-bond donors (Lipinski definition) is 1. The summed E-state index contributed by atoms with van der Waals surface area (Å²) in [6, 6.07) is 0.682. The third-order valence-corrected chi connectivity index (χ3v) is 3.98. The van der Waals surface area contributed by atoms with E-state index in [4.69, 9.17) is 0 Å². The van der Waals surface area contributed by atoms with Crippen molar-refractivity contribution in [3.8, 4) is 0 Å². The maximum atomic E-state index is 4.51. The Morgan fingerprint density at radius 2 is 2.37 bits per heavy atom. The van der Waals surface area contributed by atoms with Gasteiger partial charge in [-0.05, 0) is 39.3 Å². The normalized spacial score (nSPS) is 19.4. The van der Waals surface area contributed by atoms with Gasteiger partial charge in [-0.1, -0.05) is 13.3 Å². The van der Waals surface area contributed by atoms with Crippen molar-refractivity contribution in [2.75, 3.05) is 19.6 Å². The van der Waals surface area contributed by atoms with Crippen molar-refractivity contribution >= 4 is 0 Å². The Hall–Kier alpha value is -0.870. The molecule has 1 aromatic rings. The van der Waals surface area contributed by atoms with Crippen molar-refractivity contribution in [3.05, 3.63) is 18.2 Å². The summed E-state index contributed by atoms with van der Waals surface area (Å²) in [6.45, 7) is 9.98. The molecule has 2 heterocycles. The van der Waals surface area contributed by atoms with E-state index in [-0.39, 0.29) is 0 Å². The molecule has 1 aromatic heterocycles. The maximum Gasteiger partial charge on any atom is 0.122 e. The van der Waals surface area contributed by atoms with E-state index in [9.17, 15) is 0 Å². The standard InChI is InChI=1S/C15H28N4/c1-3-5-10-18(12-14-7-6-8-16-14)13-15-17-9-11-19(15)4-2/h9,11,14,16H,3-8,10,12-13H2,1-2H3. The molecule has 4 nitrogen and oxygen atoms in total. The highest BCUT2D eigenvalue weighted by Gasteiger charge is 2.18. The van der Waals surface area contributed by atoms with Crippen LogP contribution in [0, 0.1) is 0 Å². The number of rotatable bonds is 8. The molecule has 1 fully saturated rings. The molecule has 1 unspecified atom stereocenters. The number of hydrogen-bond acceptors (Lipinski definition) is 3. The van der Waals surface area contributed by atoms with Crippen LogP contribution in [-0.4, -0.2) is 40.1 Å². The van der Waals surface area contributed by atoms with Crippen molar-refractivity contribution in [2.45, 2.75) is 58.7 Å². The zero-order valence-corrected chi connectivity index (χ0v) is 12.4. The molecule has 1 atom stereocenters. The summed E-state index contributed by atoms with van der Waals surface area (Å²) in [7, 11) is 0. The van der Waals surface area contributed by atoms with E-state index in [1.165, 1.54) is 44.6 Å². The summed E-state index contributed by atoms with van der Waals surface area (Å²) in [5, 5.41) is 3.60. The van der Waals surface area contributed by atoms with Crippen LogP contribution in [0.2, 0.25) is 0 Å². The highest BCUT2D eigenvalue weighted by atomic mass is 15.2. The van der Waals surface area contributed by atoms with Gasteiger partial charge in [-0.3, -0.25) is 4.90 Å². The number of nitrogens with one attached hydrogen (secondary N) is 1. The van der Waals surface area contributed by atoms with E-state index >= 15 is 0 Å².